The van der Waals surface area contributed by atoms with Gasteiger partial charge in [-0.2, -0.15) is 0 Å². The Hall–Kier alpha value is -1.16. The van der Waals surface area contributed by atoms with Crippen LogP contribution in [0.15, 0.2) is 18.2 Å². The van der Waals surface area contributed by atoms with Crippen LogP contribution in [0.3, 0.4) is 0 Å². The molecule has 1 N–H and O–H groups in total. The number of esters is 1. The van der Waals surface area contributed by atoms with Crippen LogP contribution in [0.1, 0.15) is 6.42 Å². The second-order valence-corrected chi connectivity index (χ2v) is 10.6. The zero-order valence-electron chi connectivity index (χ0n) is 15.3. The van der Waals surface area contributed by atoms with Gasteiger partial charge in [-0.15, -0.1) is 0 Å². The van der Waals surface area contributed by atoms with Crippen LogP contribution in [-0.4, -0.2) is 51.4 Å². The SMILES string of the molecule is O=C(COC(=O)CN1C(=O)[C@@H]2[C@H]3C[C@@H]([C@H](Br)[C@@H]3Br)[C@@H]2C1=O)Nc1cc(Cl)ccc1Cl. The standard InChI is InChI=1S/C19H16Br2Cl2N2O5/c20-16-8-4-9(17(16)21)15-14(8)18(28)25(19(15)29)5-13(27)30-6-12(26)24-11-3-7(22)1-2-10(11)23/h1-3,8-9,14-17H,4-6H2,(H,24,26)/t8-,9-,14-,15+,16-,17+/m1/s1. The fourth-order valence-corrected chi connectivity index (χ4v) is 6.88. The van der Waals surface area contributed by atoms with Crippen LogP contribution in [0.25, 0.3) is 0 Å². The molecule has 11 heteroatoms. The highest BCUT2D eigenvalue weighted by Crippen LogP contribution is 2.60. The Bertz CT molecular complexity index is 913. The lowest BCUT2D eigenvalue weighted by Gasteiger charge is -2.28. The highest BCUT2D eigenvalue weighted by Gasteiger charge is 2.66. The maximum absolute atomic E-state index is 12.8. The molecule has 6 atom stereocenters. The quantitative estimate of drug-likeness (QED) is 0.327. The summed E-state index contributed by atoms with van der Waals surface area (Å²) in [5.41, 5.74) is 0.284. The number of anilines is 1. The molecule has 0 spiro atoms. The number of imide groups is 1. The van der Waals surface area contributed by atoms with Gasteiger partial charge in [-0.3, -0.25) is 24.1 Å². The summed E-state index contributed by atoms with van der Waals surface area (Å²) in [7, 11) is 0. The minimum absolute atomic E-state index is 0.0649. The Morgan fingerprint density at radius 2 is 1.70 bits per heavy atom. The van der Waals surface area contributed by atoms with Gasteiger partial charge in [0.1, 0.15) is 6.54 Å². The molecular weight excluding hydrogens is 567 g/mol. The van der Waals surface area contributed by atoms with E-state index in [1.807, 2.05) is 0 Å². The lowest BCUT2D eigenvalue weighted by Crippen LogP contribution is -2.38. The Morgan fingerprint density at radius 3 is 2.30 bits per heavy atom. The first kappa shape index (κ1) is 22.0. The maximum Gasteiger partial charge on any atom is 0.326 e. The van der Waals surface area contributed by atoms with Gasteiger partial charge in [0.05, 0.1) is 22.5 Å². The van der Waals surface area contributed by atoms with Crippen molar-refractivity contribution in [2.45, 2.75) is 16.1 Å². The molecule has 1 aliphatic heterocycles. The zero-order chi connectivity index (χ0) is 21.7. The highest BCUT2D eigenvalue weighted by molar-refractivity contribution is 9.12. The summed E-state index contributed by atoms with van der Waals surface area (Å²) < 4.78 is 4.95. The molecule has 160 valence electrons. The van der Waals surface area contributed by atoms with Crippen LogP contribution in [0.5, 0.6) is 0 Å². The largest absolute Gasteiger partial charge is 0.454 e. The van der Waals surface area contributed by atoms with Crippen molar-refractivity contribution in [1.82, 2.24) is 4.90 Å². The van der Waals surface area contributed by atoms with Crippen molar-refractivity contribution in [1.29, 1.82) is 0 Å². The lowest BCUT2D eigenvalue weighted by atomic mass is 9.81. The summed E-state index contributed by atoms with van der Waals surface area (Å²) in [4.78, 5) is 51.0. The number of likely N-dealkylation sites (tertiary alicyclic amines) is 1. The zero-order valence-corrected chi connectivity index (χ0v) is 20.0. The number of rotatable bonds is 5. The Balaban J connectivity index is 1.32. The third-order valence-corrected chi connectivity index (χ3v) is 9.70. The van der Waals surface area contributed by atoms with Crippen molar-refractivity contribution in [3.8, 4) is 0 Å². The third kappa shape index (κ3) is 3.78. The van der Waals surface area contributed by atoms with Crippen LogP contribution in [0.2, 0.25) is 10.0 Å². The summed E-state index contributed by atoms with van der Waals surface area (Å²) in [5, 5.41) is 3.15. The number of hydrogen-bond acceptors (Lipinski definition) is 5. The molecule has 4 rings (SSSR count). The van der Waals surface area contributed by atoms with E-state index in [1.165, 1.54) is 12.1 Å². The van der Waals surface area contributed by atoms with Gasteiger partial charge in [-0.1, -0.05) is 55.1 Å². The van der Waals surface area contributed by atoms with Gasteiger partial charge in [0, 0.05) is 14.7 Å². The van der Waals surface area contributed by atoms with E-state index in [9.17, 15) is 19.2 Å². The summed E-state index contributed by atoms with van der Waals surface area (Å²) >= 11 is 19.1. The van der Waals surface area contributed by atoms with Crippen LogP contribution < -0.4 is 5.32 Å². The summed E-state index contributed by atoms with van der Waals surface area (Å²) in [6.45, 7) is -1.09. The summed E-state index contributed by atoms with van der Waals surface area (Å²) in [6.07, 6.45) is 0.809. The summed E-state index contributed by atoms with van der Waals surface area (Å²) in [6, 6.07) is 4.56. The average Bonchev–Trinajstić information content (AvgIpc) is 3.30. The summed E-state index contributed by atoms with van der Waals surface area (Å²) in [5.74, 6) is -2.80. The molecule has 1 heterocycles. The molecule has 30 heavy (non-hydrogen) atoms. The van der Waals surface area contributed by atoms with E-state index >= 15 is 0 Å². The minimum atomic E-state index is -0.831. The molecule has 3 aliphatic rings. The number of nitrogens with zero attached hydrogens (tertiary/aromatic N) is 1. The van der Waals surface area contributed by atoms with E-state index in [4.69, 9.17) is 27.9 Å². The van der Waals surface area contributed by atoms with Crippen molar-refractivity contribution < 1.29 is 23.9 Å². The van der Waals surface area contributed by atoms with E-state index in [0.717, 1.165) is 11.3 Å². The normalized spacial score (nSPS) is 31.8. The van der Waals surface area contributed by atoms with Gasteiger partial charge >= 0.3 is 5.97 Å². The molecule has 1 aromatic carbocycles. The molecule has 3 amide bonds. The van der Waals surface area contributed by atoms with E-state index in [-0.39, 0.29) is 44.0 Å². The molecule has 0 unspecified atom stereocenters. The van der Waals surface area contributed by atoms with Gasteiger partial charge in [-0.25, -0.2) is 0 Å². The number of carbonyl (C=O) groups excluding carboxylic acids is 4. The number of amides is 3. The number of benzene rings is 1. The van der Waals surface area contributed by atoms with Crippen LogP contribution >= 0.6 is 55.1 Å². The second-order valence-electron chi connectivity index (χ2n) is 7.60. The maximum atomic E-state index is 12.8. The molecule has 1 aromatic rings. The number of nitrogens with one attached hydrogen (secondary N) is 1. The molecule has 2 bridgehead atoms. The van der Waals surface area contributed by atoms with Gasteiger partial charge in [0.15, 0.2) is 6.61 Å². The van der Waals surface area contributed by atoms with Gasteiger partial charge in [-0.05, 0) is 36.5 Å². The number of halogens is 4. The van der Waals surface area contributed by atoms with Crippen molar-refractivity contribution in [3.05, 3.63) is 28.2 Å². The Kier molecular flexibility index (Phi) is 6.18. The van der Waals surface area contributed by atoms with E-state index in [1.54, 1.807) is 6.07 Å². The van der Waals surface area contributed by atoms with Crippen LogP contribution in [0, 0.1) is 23.7 Å². The van der Waals surface area contributed by atoms with Crippen molar-refractivity contribution in [3.63, 3.8) is 0 Å². The lowest BCUT2D eigenvalue weighted by molar-refractivity contribution is -0.154. The van der Waals surface area contributed by atoms with E-state index < -0.39 is 36.9 Å². The van der Waals surface area contributed by atoms with Crippen LogP contribution in [0.4, 0.5) is 5.69 Å². The van der Waals surface area contributed by atoms with Gasteiger partial charge < -0.3 is 10.1 Å². The van der Waals surface area contributed by atoms with Gasteiger partial charge in [0.25, 0.3) is 5.91 Å². The van der Waals surface area contributed by atoms with Gasteiger partial charge in [0.2, 0.25) is 11.8 Å². The minimum Gasteiger partial charge on any atom is -0.454 e. The number of fused-ring (bicyclic) bond motifs is 5. The molecule has 0 aromatic heterocycles. The topological polar surface area (TPSA) is 92.8 Å². The van der Waals surface area contributed by atoms with Crippen molar-refractivity contribution in [2.75, 3.05) is 18.5 Å². The van der Waals surface area contributed by atoms with Crippen molar-refractivity contribution in [2.24, 2.45) is 23.7 Å². The molecule has 1 saturated heterocycles. The smallest absolute Gasteiger partial charge is 0.326 e. The first-order valence-corrected chi connectivity index (χ1v) is 11.8. The molecule has 3 fully saturated rings. The van der Waals surface area contributed by atoms with E-state index in [2.05, 4.69) is 37.2 Å². The molecular formula is C19H16Br2Cl2N2O5. The predicted octanol–water partition coefficient (Wildman–Crippen LogP) is 3.25. The van der Waals surface area contributed by atoms with Crippen LogP contribution in [-0.2, 0) is 23.9 Å². The number of carbonyl (C=O) groups is 4. The number of hydrogen-bond donors (Lipinski definition) is 1. The molecule has 7 nitrogen and oxygen atoms in total. The number of alkyl halides is 2. The first-order chi connectivity index (χ1) is 14.2. The van der Waals surface area contributed by atoms with Crippen molar-refractivity contribution >= 4 is 84.4 Å². The molecule has 2 saturated carbocycles. The third-order valence-electron chi connectivity index (χ3n) is 5.93. The monoisotopic (exact) mass is 580 g/mol. The molecule has 0 radical (unpaired) electrons. The second kappa shape index (κ2) is 8.41. The fraction of sp³-hybridized carbons (Fsp3) is 0.474. The Morgan fingerprint density at radius 1 is 1.10 bits per heavy atom. The predicted molar refractivity (Wildman–Crippen MR) is 117 cm³/mol. The average molecular weight is 583 g/mol. The van der Waals surface area contributed by atoms with E-state index in [0.29, 0.717) is 5.02 Å². The molecule has 2 aliphatic carbocycles. The first-order valence-electron chi connectivity index (χ1n) is 9.23. The Labute approximate surface area is 199 Å². The fourth-order valence-electron chi connectivity index (χ4n) is 4.67. The highest BCUT2D eigenvalue weighted by atomic mass is 79.9. The number of ether oxygens (including phenoxy) is 1.